The van der Waals surface area contributed by atoms with Gasteiger partial charge in [0.2, 0.25) is 5.91 Å². The number of hydrogen-bond acceptors (Lipinski definition) is 3. The highest BCUT2D eigenvalue weighted by Crippen LogP contribution is 2.04. The molecular formula is C11H16N2O3. The molecule has 16 heavy (non-hydrogen) atoms. The van der Waals surface area contributed by atoms with E-state index < -0.39 is 5.97 Å². The van der Waals surface area contributed by atoms with Gasteiger partial charge in [-0.3, -0.25) is 14.5 Å². The zero-order valence-corrected chi connectivity index (χ0v) is 9.19. The maximum absolute atomic E-state index is 11.6. The molecule has 1 saturated heterocycles. The van der Waals surface area contributed by atoms with Crippen molar-refractivity contribution in [2.45, 2.75) is 12.8 Å². The molecule has 0 radical (unpaired) electrons. The molecule has 0 aromatic rings. The van der Waals surface area contributed by atoms with Crippen LogP contribution in [0.4, 0.5) is 0 Å². The SMILES string of the molecule is C#CCN1CCN(C(=O)CCC(=O)O)CC1. The van der Waals surface area contributed by atoms with E-state index in [1.807, 2.05) is 0 Å². The lowest BCUT2D eigenvalue weighted by molar-refractivity contribution is -0.141. The van der Waals surface area contributed by atoms with E-state index in [0.717, 1.165) is 13.1 Å². The number of piperazine rings is 1. The molecule has 88 valence electrons. The fourth-order valence-corrected chi connectivity index (χ4v) is 1.66. The van der Waals surface area contributed by atoms with Crippen molar-refractivity contribution < 1.29 is 14.7 Å². The van der Waals surface area contributed by atoms with Crippen molar-refractivity contribution in [1.29, 1.82) is 0 Å². The summed E-state index contributed by atoms with van der Waals surface area (Å²) in [6, 6.07) is 0. The van der Waals surface area contributed by atoms with Gasteiger partial charge in [0.1, 0.15) is 0 Å². The molecular weight excluding hydrogens is 208 g/mol. The standard InChI is InChI=1S/C11H16N2O3/c1-2-5-12-6-8-13(9-7-12)10(14)3-4-11(15)16/h1H,3-9H2,(H,15,16). The second-order valence-electron chi connectivity index (χ2n) is 3.75. The largest absolute Gasteiger partial charge is 0.481 e. The second kappa shape index (κ2) is 6.13. The highest BCUT2D eigenvalue weighted by atomic mass is 16.4. The van der Waals surface area contributed by atoms with E-state index in [9.17, 15) is 9.59 Å². The zero-order chi connectivity index (χ0) is 12.0. The summed E-state index contributed by atoms with van der Waals surface area (Å²) in [4.78, 5) is 25.7. The third-order valence-corrected chi connectivity index (χ3v) is 2.59. The summed E-state index contributed by atoms with van der Waals surface area (Å²) in [5, 5.41) is 8.47. The third kappa shape index (κ3) is 3.91. The van der Waals surface area contributed by atoms with Crippen LogP contribution >= 0.6 is 0 Å². The Kier molecular flexibility index (Phi) is 4.80. The first-order valence-electron chi connectivity index (χ1n) is 5.29. The van der Waals surface area contributed by atoms with Crippen molar-refractivity contribution in [1.82, 2.24) is 9.80 Å². The van der Waals surface area contributed by atoms with Crippen LogP contribution in [-0.4, -0.2) is 59.5 Å². The van der Waals surface area contributed by atoms with Crippen LogP contribution < -0.4 is 0 Å². The van der Waals surface area contributed by atoms with Crippen LogP contribution in [-0.2, 0) is 9.59 Å². The summed E-state index contributed by atoms with van der Waals surface area (Å²) in [6.45, 7) is 3.42. The quantitative estimate of drug-likeness (QED) is 0.662. The molecule has 1 fully saturated rings. The predicted octanol–water partition coefficient (Wildman–Crippen LogP) is -0.371. The first-order chi connectivity index (χ1) is 7.63. The molecule has 0 spiro atoms. The number of hydrogen-bond donors (Lipinski definition) is 1. The molecule has 1 heterocycles. The summed E-state index contributed by atoms with van der Waals surface area (Å²) in [5.41, 5.74) is 0. The van der Waals surface area contributed by atoms with E-state index in [1.54, 1.807) is 4.90 Å². The average Bonchev–Trinajstić information content (AvgIpc) is 2.27. The van der Waals surface area contributed by atoms with E-state index in [4.69, 9.17) is 11.5 Å². The predicted molar refractivity (Wildman–Crippen MR) is 58.7 cm³/mol. The number of nitrogens with zero attached hydrogens (tertiary/aromatic N) is 2. The Morgan fingerprint density at radius 1 is 1.19 bits per heavy atom. The first kappa shape index (κ1) is 12.5. The Hall–Kier alpha value is -1.54. The topological polar surface area (TPSA) is 60.9 Å². The van der Waals surface area contributed by atoms with Crippen molar-refractivity contribution in [2.75, 3.05) is 32.7 Å². The lowest BCUT2D eigenvalue weighted by Gasteiger charge is -2.33. The zero-order valence-electron chi connectivity index (χ0n) is 9.19. The number of carboxylic acid groups (broad SMARTS) is 1. The van der Waals surface area contributed by atoms with Gasteiger partial charge in [0.25, 0.3) is 0 Å². The molecule has 0 bridgehead atoms. The Labute approximate surface area is 95.0 Å². The maximum atomic E-state index is 11.6. The van der Waals surface area contributed by atoms with Gasteiger partial charge in [-0.2, -0.15) is 0 Å². The van der Waals surface area contributed by atoms with Gasteiger partial charge in [-0.1, -0.05) is 5.92 Å². The van der Waals surface area contributed by atoms with Crippen molar-refractivity contribution in [3.8, 4) is 12.3 Å². The summed E-state index contributed by atoms with van der Waals surface area (Å²) in [7, 11) is 0. The molecule has 1 aliphatic heterocycles. The van der Waals surface area contributed by atoms with E-state index in [-0.39, 0.29) is 18.7 Å². The van der Waals surface area contributed by atoms with Gasteiger partial charge in [0.05, 0.1) is 13.0 Å². The number of carbonyl (C=O) groups excluding carboxylic acids is 1. The lowest BCUT2D eigenvalue weighted by atomic mass is 10.2. The van der Waals surface area contributed by atoms with Crippen molar-refractivity contribution in [2.24, 2.45) is 0 Å². The van der Waals surface area contributed by atoms with E-state index in [0.29, 0.717) is 19.6 Å². The van der Waals surface area contributed by atoms with E-state index in [2.05, 4.69) is 10.8 Å². The minimum Gasteiger partial charge on any atom is -0.481 e. The van der Waals surface area contributed by atoms with Gasteiger partial charge >= 0.3 is 5.97 Å². The van der Waals surface area contributed by atoms with Gasteiger partial charge in [-0.15, -0.1) is 6.42 Å². The summed E-state index contributed by atoms with van der Waals surface area (Å²) >= 11 is 0. The van der Waals surface area contributed by atoms with Crippen LogP contribution in [0.5, 0.6) is 0 Å². The molecule has 1 rings (SSSR count). The average molecular weight is 224 g/mol. The molecule has 1 aliphatic rings. The number of rotatable bonds is 4. The van der Waals surface area contributed by atoms with E-state index >= 15 is 0 Å². The number of terminal acetylenes is 1. The minimum atomic E-state index is -0.931. The number of aliphatic carboxylic acids is 1. The highest BCUT2D eigenvalue weighted by molar-refractivity contribution is 5.80. The third-order valence-electron chi connectivity index (χ3n) is 2.59. The Morgan fingerprint density at radius 3 is 2.31 bits per heavy atom. The molecule has 5 heteroatoms. The Bertz CT molecular complexity index is 301. The van der Waals surface area contributed by atoms with Gasteiger partial charge in [0.15, 0.2) is 0 Å². The smallest absolute Gasteiger partial charge is 0.303 e. The van der Waals surface area contributed by atoms with Crippen LogP contribution in [0, 0.1) is 12.3 Å². The maximum Gasteiger partial charge on any atom is 0.303 e. The molecule has 0 atom stereocenters. The van der Waals surface area contributed by atoms with Gasteiger partial charge in [-0.25, -0.2) is 0 Å². The van der Waals surface area contributed by atoms with Crippen molar-refractivity contribution in [3.63, 3.8) is 0 Å². The highest BCUT2D eigenvalue weighted by Gasteiger charge is 2.20. The van der Waals surface area contributed by atoms with Crippen LogP contribution in [0.2, 0.25) is 0 Å². The lowest BCUT2D eigenvalue weighted by Crippen LogP contribution is -2.48. The fourth-order valence-electron chi connectivity index (χ4n) is 1.66. The molecule has 0 aliphatic carbocycles. The van der Waals surface area contributed by atoms with Crippen LogP contribution in [0.1, 0.15) is 12.8 Å². The summed E-state index contributed by atoms with van der Waals surface area (Å²) < 4.78 is 0. The molecule has 0 saturated carbocycles. The molecule has 1 amide bonds. The second-order valence-corrected chi connectivity index (χ2v) is 3.75. The number of amides is 1. The normalized spacial score (nSPS) is 16.8. The van der Waals surface area contributed by atoms with Crippen LogP contribution in [0.3, 0.4) is 0 Å². The molecule has 1 N–H and O–H groups in total. The number of carbonyl (C=O) groups is 2. The monoisotopic (exact) mass is 224 g/mol. The van der Waals surface area contributed by atoms with Gasteiger partial charge in [0, 0.05) is 32.6 Å². The molecule has 0 aromatic carbocycles. The molecule has 5 nitrogen and oxygen atoms in total. The van der Waals surface area contributed by atoms with Crippen molar-refractivity contribution in [3.05, 3.63) is 0 Å². The number of carboxylic acids is 1. The summed E-state index contributed by atoms with van der Waals surface area (Å²) in [5.74, 6) is 1.55. The first-order valence-corrected chi connectivity index (χ1v) is 5.29. The van der Waals surface area contributed by atoms with Gasteiger partial charge in [-0.05, 0) is 0 Å². The van der Waals surface area contributed by atoms with Crippen LogP contribution in [0.15, 0.2) is 0 Å². The van der Waals surface area contributed by atoms with Crippen LogP contribution in [0.25, 0.3) is 0 Å². The molecule has 0 unspecified atom stereocenters. The summed E-state index contributed by atoms with van der Waals surface area (Å²) in [6.07, 6.45) is 5.19. The fraction of sp³-hybridized carbons (Fsp3) is 0.636. The van der Waals surface area contributed by atoms with Crippen molar-refractivity contribution >= 4 is 11.9 Å². The Balaban J connectivity index is 2.28. The van der Waals surface area contributed by atoms with E-state index in [1.165, 1.54) is 0 Å². The minimum absolute atomic E-state index is 0.0808. The Morgan fingerprint density at radius 2 is 1.81 bits per heavy atom. The molecule has 0 aromatic heterocycles. The van der Waals surface area contributed by atoms with Gasteiger partial charge < -0.3 is 10.0 Å².